The summed E-state index contributed by atoms with van der Waals surface area (Å²) < 4.78 is 0. The first-order valence-electron chi connectivity index (χ1n) is 9.53. The quantitative estimate of drug-likeness (QED) is 0.621. The second-order valence-corrected chi connectivity index (χ2v) is 7.12. The number of nitrogens with one attached hydrogen (secondary N) is 2. The zero-order valence-electron chi connectivity index (χ0n) is 15.4. The molecule has 27 heavy (non-hydrogen) atoms. The van der Waals surface area contributed by atoms with Crippen molar-refractivity contribution in [3.63, 3.8) is 0 Å². The number of anilines is 1. The highest BCUT2D eigenvalue weighted by molar-refractivity contribution is 5.87. The van der Waals surface area contributed by atoms with E-state index in [1.165, 1.54) is 5.56 Å². The van der Waals surface area contributed by atoms with Crippen LogP contribution in [0.15, 0.2) is 12.1 Å². The minimum absolute atomic E-state index is 0.000491. The molecule has 2 aliphatic heterocycles. The van der Waals surface area contributed by atoms with E-state index in [9.17, 15) is 14.4 Å². The Hall–Kier alpha value is -2.64. The van der Waals surface area contributed by atoms with E-state index >= 15 is 0 Å². The second kappa shape index (κ2) is 8.83. The molecule has 0 saturated carbocycles. The van der Waals surface area contributed by atoms with Gasteiger partial charge in [-0.15, -0.1) is 0 Å². The van der Waals surface area contributed by atoms with Gasteiger partial charge in [0.2, 0.25) is 11.8 Å². The lowest BCUT2D eigenvalue weighted by Gasteiger charge is -2.18. The van der Waals surface area contributed by atoms with Gasteiger partial charge in [-0.05, 0) is 43.7 Å². The maximum atomic E-state index is 12.5. The number of amides is 2. The molecule has 2 amide bonds. The van der Waals surface area contributed by atoms with Crippen molar-refractivity contribution in [3.05, 3.63) is 23.4 Å². The molecule has 1 fully saturated rings. The standard InChI is InChI=1S/C19H26N4O4/c24-16(20-10-7-17(25)26)12-23-11-8-14(19(23)27)4-6-15-5-3-13-2-1-9-21-18(13)22-15/h3,5,14H,1-2,4,6-12H2,(H,20,24)(H,21,22)(H,25,26)/t14-/m0/s1. The van der Waals surface area contributed by atoms with Gasteiger partial charge in [0.1, 0.15) is 5.82 Å². The number of fused-ring (bicyclic) bond motifs is 1. The second-order valence-electron chi connectivity index (χ2n) is 7.12. The van der Waals surface area contributed by atoms with Gasteiger partial charge in [-0.3, -0.25) is 14.4 Å². The first kappa shape index (κ1) is 19.1. The van der Waals surface area contributed by atoms with Crippen LogP contribution in [0.3, 0.4) is 0 Å². The number of carboxylic acid groups (broad SMARTS) is 1. The van der Waals surface area contributed by atoms with Crippen LogP contribution in [0, 0.1) is 5.92 Å². The molecule has 1 aromatic rings. The largest absolute Gasteiger partial charge is 0.481 e. The molecule has 0 radical (unpaired) electrons. The molecule has 8 nitrogen and oxygen atoms in total. The van der Waals surface area contributed by atoms with Crippen LogP contribution in [0.1, 0.15) is 36.9 Å². The number of aromatic nitrogens is 1. The van der Waals surface area contributed by atoms with Crippen LogP contribution >= 0.6 is 0 Å². The number of hydrogen-bond acceptors (Lipinski definition) is 5. The fraction of sp³-hybridized carbons (Fsp3) is 0.579. The Kier molecular flexibility index (Phi) is 6.26. The Labute approximate surface area is 158 Å². The van der Waals surface area contributed by atoms with Gasteiger partial charge in [0.25, 0.3) is 0 Å². The highest BCUT2D eigenvalue weighted by Gasteiger charge is 2.32. The maximum Gasteiger partial charge on any atom is 0.305 e. The summed E-state index contributed by atoms with van der Waals surface area (Å²) in [6.45, 7) is 1.59. The van der Waals surface area contributed by atoms with E-state index in [0.717, 1.165) is 50.2 Å². The van der Waals surface area contributed by atoms with Crippen LogP contribution in [0.25, 0.3) is 0 Å². The number of hydrogen-bond donors (Lipinski definition) is 3. The maximum absolute atomic E-state index is 12.5. The summed E-state index contributed by atoms with van der Waals surface area (Å²) in [6, 6.07) is 4.16. The number of carbonyl (C=O) groups is 3. The Bertz CT molecular complexity index is 722. The van der Waals surface area contributed by atoms with Crippen molar-refractivity contribution in [2.75, 3.05) is 31.5 Å². The third-order valence-electron chi connectivity index (χ3n) is 5.10. The molecular formula is C19H26N4O4. The summed E-state index contributed by atoms with van der Waals surface area (Å²) in [5.74, 6) is -0.385. The van der Waals surface area contributed by atoms with E-state index in [4.69, 9.17) is 5.11 Å². The van der Waals surface area contributed by atoms with Crippen molar-refractivity contribution < 1.29 is 19.5 Å². The van der Waals surface area contributed by atoms with Crippen LogP contribution in [-0.2, 0) is 27.2 Å². The van der Waals surface area contributed by atoms with E-state index in [1.54, 1.807) is 4.90 Å². The molecule has 0 unspecified atom stereocenters. The Morgan fingerprint density at radius 2 is 2.22 bits per heavy atom. The van der Waals surface area contributed by atoms with Crippen molar-refractivity contribution >= 4 is 23.6 Å². The number of pyridine rings is 1. The van der Waals surface area contributed by atoms with Gasteiger partial charge in [-0.1, -0.05) is 6.07 Å². The molecule has 0 aliphatic carbocycles. The molecule has 0 aromatic carbocycles. The zero-order valence-corrected chi connectivity index (χ0v) is 15.4. The summed E-state index contributed by atoms with van der Waals surface area (Å²) >= 11 is 0. The van der Waals surface area contributed by atoms with Crippen molar-refractivity contribution in [1.82, 2.24) is 15.2 Å². The van der Waals surface area contributed by atoms with Gasteiger partial charge in [0.15, 0.2) is 0 Å². The Morgan fingerprint density at radius 3 is 3.04 bits per heavy atom. The van der Waals surface area contributed by atoms with Gasteiger partial charge in [-0.25, -0.2) is 4.98 Å². The Morgan fingerprint density at radius 1 is 1.37 bits per heavy atom. The Balaban J connectivity index is 1.45. The van der Waals surface area contributed by atoms with Gasteiger partial charge in [-0.2, -0.15) is 0 Å². The van der Waals surface area contributed by atoms with Crippen molar-refractivity contribution in [2.24, 2.45) is 5.92 Å². The van der Waals surface area contributed by atoms with Gasteiger partial charge in [0.05, 0.1) is 13.0 Å². The highest BCUT2D eigenvalue weighted by Crippen LogP contribution is 2.24. The van der Waals surface area contributed by atoms with E-state index < -0.39 is 5.97 Å². The predicted octanol–water partition coefficient (Wildman–Crippen LogP) is 0.812. The molecule has 0 bridgehead atoms. The average molecular weight is 374 g/mol. The predicted molar refractivity (Wildman–Crippen MR) is 99.3 cm³/mol. The molecule has 2 aliphatic rings. The number of carboxylic acids is 1. The van der Waals surface area contributed by atoms with E-state index in [1.807, 2.05) is 6.07 Å². The molecule has 8 heteroatoms. The lowest BCUT2D eigenvalue weighted by atomic mass is 9.99. The summed E-state index contributed by atoms with van der Waals surface area (Å²) in [6.07, 6.45) is 4.27. The molecule has 3 rings (SSSR count). The van der Waals surface area contributed by atoms with E-state index in [0.29, 0.717) is 6.54 Å². The molecular weight excluding hydrogens is 348 g/mol. The van der Waals surface area contributed by atoms with Crippen molar-refractivity contribution in [1.29, 1.82) is 0 Å². The first-order valence-corrected chi connectivity index (χ1v) is 9.53. The number of carbonyl (C=O) groups excluding carboxylic acids is 2. The molecule has 3 N–H and O–H groups in total. The molecule has 1 saturated heterocycles. The van der Waals surface area contributed by atoms with Crippen LogP contribution < -0.4 is 10.6 Å². The van der Waals surface area contributed by atoms with E-state index in [2.05, 4.69) is 21.7 Å². The minimum Gasteiger partial charge on any atom is -0.481 e. The molecule has 1 aromatic heterocycles. The number of likely N-dealkylation sites (tertiary alicyclic amines) is 1. The monoisotopic (exact) mass is 374 g/mol. The number of aryl methyl sites for hydroxylation is 2. The van der Waals surface area contributed by atoms with Crippen molar-refractivity contribution in [2.45, 2.75) is 38.5 Å². The lowest BCUT2D eigenvalue weighted by Crippen LogP contribution is -2.39. The number of nitrogens with zero attached hydrogens (tertiary/aromatic N) is 2. The summed E-state index contributed by atoms with van der Waals surface area (Å²) in [5.41, 5.74) is 2.24. The zero-order chi connectivity index (χ0) is 19.2. The smallest absolute Gasteiger partial charge is 0.305 e. The third-order valence-corrected chi connectivity index (χ3v) is 5.10. The SMILES string of the molecule is O=C(O)CCNC(=O)CN1CC[C@H](CCc2ccc3c(n2)NCCC3)C1=O. The fourth-order valence-corrected chi connectivity index (χ4v) is 3.60. The van der Waals surface area contributed by atoms with Crippen LogP contribution in [-0.4, -0.2) is 59.0 Å². The van der Waals surface area contributed by atoms with Crippen LogP contribution in [0.4, 0.5) is 5.82 Å². The number of rotatable bonds is 8. The third kappa shape index (κ3) is 5.18. The first-order chi connectivity index (χ1) is 13.0. The minimum atomic E-state index is -0.960. The number of aliphatic carboxylic acids is 1. The molecule has 3 heterocycles. The van der Waals surface area contributed by atoms with Crippen LogP contribution in [0.5, 0.6) is 0 Å². The highest BCUT2D eigenvalue weighted by atomic mass is 16.4. The summed E-state index contributed by atoms with van der Waals surface area (Å²) in [5, 5.41) is 14.4. The lowest BCUT2D eigenvalue weighted by molar-refractivity contribution is -0.137. The molecule has 146 valence electrons. The topological polar surface area (TPSA) is 112 Å². The summed E-state index contributed by atoms with van der Waals surface area (Å²) in [7, 11) is 0. The molecule has 1 atom stereocenters. The average Bonchev–Trinajstić information content (AvgIpc) is 2.99. The van der Waals surface area contributed by atoms with Gasteiger partial charge in [0, 0.05) is 31.2 Å². The van der Waals surface area contributed by atoms with Gasteiger partial charge < -0.3 is 20.6 Å². The normalized spacial score (nSPS) is 18.7. The van der Waals surface area contributed by atoms with Gasteiger partial charge >= 0.3 is 5.97 Å². The molecule has 0 spiro atoms. The van der Waals surface area contributed by atoms with E-state index in [-0.39, 0.29) is 37.2 Å². The van der Waals surface area contributed by atoms with Crippen LogP contribution in [0.2, 0.25) is 0 Å². The summed E-state index contributed by atoms with van der Waals surface area (Å²) in [4.78, 5) is 41.0. The van der Waals surface area contributed by atoms with Crippen molar-refractivity contribution in [3.8, 4) is 0 Å². The fourth-order valence-electron chi connectivity index (χ4n) is 3.60.